The van der Waals surface area contributed by atoms with E-state index in [2.05, 4.69) is 5.32 Å². The summed E-state index contributed by atoms with van der Waals surface area (Å²) in [6, 6.07) is 15.0. The van der Waals surface area contributed by atoms with E-state index in [4.69, 9.17) is 11.6 Å². The number of halogens is 1. The van der Waals surface area contributed by atoms with Gasteiger partial charge in [0.2, 0.25) is 5.91 Å². The van der Waals surface area contributed by atoms with Gasteiger partial charge in [0.05, 0.1) is 17.5 Å². The summed E-state index contributed by atoms with van der Waals surface area (Å²) in [4.78, 5) is 13.4. The molecule has 2 unspecified atom stereocenters. The van der Waals surface area contributed by atoms with Gasteiger partial charge in [-0.1, -0.05) is 48.0 Å². The maximum atomic E-state index is 12.4. The number of hydrogen-bond acceptors (Lipinski definition) is 3. The molecule has 24 heavy (non-hydrogen) atoms. The Bertz CT molecular complexity index is 704. The lowest BCUT2D eigenvalue weighted by atomic mass is 9.95. The minimum Gasteiger partial charge on any atom is -0.384 e. The van der Waals surface area contributed by atoms with Crippen LogP contribution >= 0.6 is 23.4 Å². The number of rotatable bonds is 6. The molecule has 2 aromatic rings. The zero-order valence-corrected chi connectivity index (χ0v) is 15.6. The molecular weight excluding hydrogens is 342 g/mol. The Morgan fingerprint density at radius 1 is 1.29 bits per heavy atom. The van der Waals surface area contributed by atoms with Crippen LogP contribution in [0.4, 0.5) is 0 Å². The molecule has 0 fully saturated rings. The predicted octanol–water partition coefficient (Wildman–Crippen LogP) is 4.19. The third-order valence-electron chi connectivity index (χ3n) is 4.07. The summed E-state index contributed by atoms with van der Waals surface area (Å²) in [5.41, 5.74) is 0.511. The van der Waals surface area contributed by atoms with Crippen LogP contribution in [0.2, 0.25) is 5.02 Å². The van der Waals surface area contributed by atoms with Crippen LogP contribution in [-0.2, 0) is 10.4 Å². The molecule has 0 aliphatic heterocycles. The number of thioether (sulfide) groups is 1. The van der Waals surface area contributed by atoms with Crippen molar-refractivity contribution in [3.63, 3.8) is 0 Å². The van der Waals surface area contributed by atoms with E-state index >= 15 is 0 Å². The van der Waals surface area contributed by atoms with Gasteiger partial charge in [0, 0.05) is 4.90 Å². The van der Waals surface area contributed by atoms with E-state index in [0.717, 1.165) is 16.0 Å². The molecule has 0 aliphatic carbocycles. The van der Waals surface area contributed by atoms with Crippen LogP contribution < -0.4 is 5.32 Å². The standard InChI is InChI=1S/C19H22ClNO2S/c1-13(14-9-10-17(24-3)16(20)11-14)18(22)21-12-19(2,23)15-7-5-4-6-8-15/h4-11,13,23H,12H2,1-3H3,(H,21,22). The summed E-state index contributed by atoms with van der Waals surface area (Å²) < 4.78 is 0. The fourth-order valence-electron chi connectivity index (χ4n) is 2.41. The number of nitrogens with one attached hydrogen (secondary N) is 1. The molecule has 5 heteroatoms. The molecule has 1 amide bonds. The molecule has 0 heterocycles. The second kappa shape index (κ2) is 8.06. The minimum absolute atomic E-state index is 0.140. The van der Waals surface area contributed by atoms with Crippen LogP contribution in [0.5, 0.6) is 0 Å². The molecule has 2 N–H and O–H groups in total. The van der Waals surface area contributed by atoms with Crippen molar-refractivity contribution in [3.05, 3.63) is 64.7 Å². The Kier molecular flexibility index (Phi) is 6.33. The van der Waals surface area contributed by atoms with Crippen molar-refractivity contribution in [2.75, 3.05) is 12.8 Å². The van der Waals surface area contributed by atoms with Crippen molar-refractivity contribution in [2.24, 2.45) is 0 Å². The summed E-state index contributed by atoms with van der Waals surface area (Å²) in [6.07, 6.45) is 1.96. The lowest BCUT2D eigenvalue weighted by molar-refractivity contribution is -0.123. The molecule has 0 spiro atoms. The molecule has 2 rings (SSSR count). The number of amides is 1. The Hall–Kier alpha value is -1.49. The topological polar surface area (TPSA) is 49.3 Å². The van der Waals surface area contributed by atoms with E-state index in [1.54, 1.807) is 18.7 Å². The third-order valence-corrected chi connectivity index (χ3v) is 5.29. The maximum absolute atomic E-state index is 12.4. The number of hydrogen-bond donors (Lipinski definition) is 2. The molecule has 0 aromatic heterocycles. The fourth-order valence-corrected chi connectivity index (χ4v) is 3.29. The smallest absolute Gasteiger partial charge is 0.227 e. The Morgan fingerprint density at radius 2 is 1.96 bits per heavy atom. The van der Waals surface area contributed by atoms with Crippen LogP contribution in [0.15, 0.2) is 53.4 Å². The number of carbonyl (C=O) groups excluding carboxylic acids is 1. The Balaban J connectivity index is 2.03. The highest BCUT2D eigenvalue weighted by Gasteiger charge is 2.25. The number of benzene rings is 2. The molecule has 0 bridgehead atoms. The zero-order valence-electron chi connectivity index (χ0n) is 14.0. The zero-order chi connectivity index (χ0) is 17.7. The van der Waals surface area contributed by atoms with Crippen molar-refractivity contribution < 1.29 is 9.90 Å². The van der Waals surface area contributed by atoms with Crippen LogP contribution in [0.1, 0.15) is 30.9 Å². The molecule has 128 valence electrons. The Labute approximate surface area is 152 Å². The van der Waals surface area contributed by atoms with Gasteiger partial charge >= 0.3 is 0 Å². The van der Waals surface area contributed by atoms with Gasteiger partial charge < -0.3 is 10.4 Å². The second-order valence-electron chi connectivity index (χ2n) is 5.97. The van der Waals surface area contributed by atoms with E-state index in [-0.39, 0.29) is 18.4 Å². The van der Waals surface area contributed by atoms with Gasteiger partial charge in [-0.05, 0) is 43.4 Å². The van der Waals surface area contributed by atoms with Crippen LogP contribution in [0.25, 0.3) is 0 Å². The monoisotopic (exact) mass is 363 g/mol. The first-order chi connectivity index (χ1) is 11.3. The summed E-state index contributed by atoms with van der Waals surface area (Å²) in [7, 11) is 0. The van der Waals surface area contributed by atoms with Gasteiger partial charge in [-0.15, -0.1) is 11.8 Å². The predicted molar refractivity (Wildman–Crippen MR) is 101 cm³/mol. The van der Waals surface area contributed by atoms with E-state index in [1.165, 1.54) is 0 Å². The molecule has 0 aliphatic rings. The molecule has 0 saturated carbocycles. The van der Waals surface area contributed by atoms with E-state index in [0.29, 0.717) is 5.02 Å². The largest absolute Gasteiger partial charge is 0.384 e. The van der Waals surface area contributed by atoms with Gasteiger partial charge in [-0.2, -0.15) is 0 Å². The molecule has 2 aromatic carbocycles. The molecule has 3 nitrogen and oxygen atoms in total. The molecule has 2 atom stereocenters. The lowest BCUT2D eigenvalue weighted by Gasteiger charge is -2.25. The lowest BCUT2D eigenvalue weighted by Crippen LogP contribution is -2.40. The van der Waals surface area contributed by atoms with Crippen LogP contribution in [0.3, 0.4) is 0 Å². The van der Waals surface area contributed by atoms with Gasteiger partial charge in [0.25, 0.3) is 0 Å². The molecule has 0 radical (unpaired) electrons. The van der Waals surface area contributed by atoms with Gasteiger partial charge in [-0.25, -0.2) is 0 Å². The normalized spacial score (nSPS) is 14.7. The molecular formula is C19H22ClNO2S. The van der Waals surface area contributed by atoms with Crippen LogP contribution in [-0.4, -0.2) is 23.8 Å². The SMILES string of the molecule is CSc1ccc(C(C)C(=O)NCC(C)(O)c2ccccc2)cc1Cl. The minimum atomic E-state index is -1.11. The van der Waals surface area contributed by atoms with Crippen molar-refractivity contribution in [2.45, 2.75) is 30.3 Å². The summed E-state index contributed by atoms with van der Waals surface area (Å²) in [6.45, 7) is 3.67. The maximum Gasteiger partial charge on any atom is 0.227 e. The van der Waals surface area contributed by atoms with Crippen molar-refractivity contribution in [1.82, 2.24) is 5.32 Å². The summed E-state index contributed by atoms with van der Waals surface area (Å²) >= 11 is 7.79. The highest BCUT2D eigenvalue weighted by Crippen LogP contribution is 2.29. The number of aliphatic hydroxyl groups is 1. The quantitative estimate of drug-likeness (QED) is 0.756. The number of carbonyl (C=O) groups is 1. The van der Waals surface area contributed by atoms with Gasteiger partial charge in [0.1, 0.15) is 5.60 Å². The van der Waals surface area contributed by atoms with E-state index in [9.17, 15) is 9.90 Å². The van der Waals surface area contributed by atoms with Crippen molar-refractivity contribution in [1.29, 1.82) is 0 Å². The highest BCUT2D eigenvalue weighted by atomic mass is 35.5. The Morgan fingerprint density at radius 3 is 2.54 bits per heavy atom. The highest BCUT2D eigenvalue weighted by molar-refractivity contribution is 7.98. The fraction of sp³-hybridized carbons (Fsp3) is 0.316. The van der Waals surface area contributed by atoms with Crippen molar-refractivity contribution >= 4 is 29.3 Å². The summed E-state index contributed by atoms with van der Waals surface area (Å²) in [5.74, 6) is -0.482. The molecule has 0 saturated heterocycles. The summed E-state index contributed by atoms with van der Waals surface area (Å²) in [5, 5.41) is 14.0. The third kappa shape index (κ3) is 4.53. The first-order valence-corrected chi connectivity index (χ1v) is 9.34. The average molecular weight is 364 g/mol. The van der Waals surface area contributed by atoms with E-state index < -0.39 is 5.60 Å². The average Bonchev–Trinajstić information content (AvgIpc) is 2.59. The van der Waals surface area contributed by atoms with Gasteiger partial charge in [-0.3, -0.25) is 4.79 Å². The van der Waals surface area contributed by atoms with Gasteiger partial charge in [0.15, 0.2) is 0 Å². The van der Waals surface area contributed by atoms with E-state index in [1.807, 2.05) is 61.7 Å². The first kappa shape index (κ1) is 18.8. The first-order valence-electron chi connectivity index (χ1n) is 7.74. The van der Waals surface area contributed by atoms with Crippen LogP contribution in [0, 0.1) is 0 Å². The van der Waals surface area contributed by atoms with Crippen molar-refractivity contribution in [3.8, 4) is 0 Å². The second-order valence-corrected chi connectivity index (χ2v) is 7.23.